The van der Waals surface area contributed by atoms with Gasteiger partial charge in [0.1, 0.15) is 9.96 Å². The summed E-state index contributed by atoms with van der Waals surface area (Å²) in [6, 6.07) is 15.8. The van der Waals surface area contributed by atoms with Crippen LogP contribution in [0, 0.1) is 5.92 Å². The van der Waals surface area contributed by atoms with Crippen molar-refractivity contribution in [2.24, 2.45) is 5.92 Å². The van der Waals surface area contributed by atoms with Gasteiger partial charge in [-0.15, -0.1) is 11.3 Å². The second-order valence-electron chi connectivity index (χ2n) is 8.19. The number of hydrogen-bond acceptors (Lipinski definition) is 7. The van der Waals surface area contributed by atoms with Crippen LogP contribution in [0.3, 0.4) is 0 Å². The first-order valence-electron chi connectivity index (χ1n) is 11.4. The molecule has 0 spiro atoms. The van der Waals surface area contributed by atoms with Crippen LogP contribution in [0.15, 0.2) is 75.1 Å². The normalized spacial score (nSPS) is 15.4. The molecule has 1 aliphatic rings. The number of hydrogen-bond donors (Lipinski definition) is 2. The van der Waals surface area contributed by atoms with E-state index in [0.29, 0.717) is 40.8 Å². The van der Waals surface area contributed by atoms with Gasteiger partial charge >= 0.3 is 0 Å². The third-order valence-corrected chi connectivity index (χ3v) is 10.4. The van der Waals surface area contributed by atoms with Crippen LogP contribution >= 0.6 is 11.3 Å². The maximum Gasteiger partial charge on any atom is 0.261 e. The van der Waals surface area contributed by atoms with Crippen molar-refractivity contribution < 1.29 is 26.4 Å². The highest BCUT2D eigenvalue weighted by molar-refractivity contribution is 7.92. The topological polar surface area (TPSA) is 122 Å². The number of nitrogens with zero attached hydrogens (tertiary/aromatic N) is 1. The van der Waals surface area contributed by atoms with Gasteiger partial charge in [0, 0.05) is 30.4 Å². The number of carbonyl (C=O) groups is 1. The quantitative estimate of drug-likeness (QED) is 0.416. The summed E-state index contributed by atoms with van der Waals surface area (Å²) in [5.41, 5.74) is 0.872. The summed E-state index contributed by atoms with van der Waals surface area (Å²) < 4.78 is 60.3. The number of anilines is 2. The molecule has 0 saturated carbocycles. The van der Waals surface area contributed by atoms with Crippen molar-refractivity contribution in [1.29, 1.82) is 0 Å². The Balaban J connectivity index is 1.32. The number of carbonyl (C=O) groups excluding carboxylic acids is 1. The molecule has 12 heteroatoms. The van der Waals surface area contributed by atoms with Crippen molar-refractivity contribution in [3.63, 3.8) is 0 Å². The van der Waals surface area contributed by atoms with Gasteiger partial charge in [-0.1, -0.05) is 6.07 Å². The smallest absolute Gasteiger partial charge is 0.261 e. The Morgan fingerprint density at radius 3 is 2.19 bits per heavy atom. The molecule has 0 bridgehead atoms. The highest BCUT2D eigenvalue weighted by Gasteiger charge is 2.32. The van der Waals surface area contributed by atoms with E-state index in [2.05, 4.69) is 10.0 Å². The lowest BCUT2D eigenvalue weighted by Gasteiger charge is -2.30. The fourth-order valence-corrected chi connectivity index (χ4v) is 7.53. The molecule has 4 rings (SSSR count). The second kappa shape index (κ2) is 11.0. The Kier molecular flexibility index (Phi) is 7.98. The molecule has 0 aliphatic carbocycles. The number of rotatable bonds is 9. The molecular formula is C24H27N3O6S3. The predicted molar refractivity (Wildman–Crippen MR) is 139 cm³/mol. The fourth-order valence-electron chi connectivity index (χ4n) is 3.86. The molecule has 2 N–H and O–H groups in total. The molecule has 36 heavy (non-hydrogen) atoms. The third-order valence-electron chi connectivity index (χ3n) is 5.76. The van der Waals surface area contributed by atoms with Gasteiger partial charge in [0.05, 0.1) is 11.5 Å². The molecule has 0 unspecified atom stereocenters. The Labute approximate surface area is 215 Å². The van der Waals surface area contributed by atoms with Gasteiger partial charge in [-0.2, -0.15) is 4.31 Å². The highest BCUT2D eigenvalue weighted by Crippen LogP contribution is 2.27. The summed E-state index contributed by atoms with van der Waals surface area (Å²) in [6.45, 7) is 2.93. The summed E-state index contributed by atoms with van der Waals surface area (Å²) in [6.07, 6.45) is 0.823. The number of nitrogens with one attached hydrogen (secondary N) is 2. The summed E-state index contributed by atoms with van der Waals surface area (Å²) in [5, 5.41) is 4.53. The van der Waals surface area contributed by atoms with E-state index in [1.54, 1.807) is 41.8 Å². The van der Waals surface area contributed by atoms with Crippen LogP contribution in [0.5, 0.6) is 5.75 Å². The van der Waals surface area contributed by atoms with E-state index < -0.39 is 20.0 Å². The molecule has 2 aromatic carbocycles. The number of ether oxygens (including phenoxy) is 1. The Bertz CT molecular complexity index is 1380. The maximum atomic E-state index is 12.7. The molecule has 2 heterocycles. The van der Waals surface area contributed by atoms with E-state index >= 15 is 0 Å². The van der Waals surface area contributed by atoms with Gasteiger partial charge in [0.15, 0.2) is 0 Å². The lowest BCUT2D eigenvalue weighted by molar-refractivity contribution is -0.120. The molecule has 1 saturated heterocycles. The van der Waals surface area contributed by atoms with Crippen molar-refractivity contribution in [3.05, 3.63) is 66.0 Å². The van der Waals surface area contributed by atoms with Gasteiger partial charge in [0.25, 0.3) is 20.0 Å². The minimum absolute atomic E-state index is 0.0569. The lowest BCUT2D eigenvalue weighted by atomic mass is 9.97. The summed E-state index contributed by atoms with van der Waals surface area (Å²) >= 11 is 1.18. The fraction of sp³-hybridized carbons (Fsp3) is 0.292. The standard InChI is InChI=1S/C24H27N3O6S3/c1-2-33-21-9-5-20(6-10-21)26-35(29,30)22-11-7-19(8-12-22)25-24(28)18-13-15-27(16-14-18)36(31,32)23-4-3-17-34-23/h3-12,17-18,26H,2,13-16H2,1H3,(H,25,28). The SMILES string of the molecule is CCOc1ccc(NS(=O)(=O)c2ccc(NC(=O)C3CCN(S(=O)(=O)c4cccs4)CC3)cc2)cc1. The Morgan fingerprint density at radius 1 is 0.972 bits per heavy atom. The van der Waals surface area contributed by atoms with Crippen LogP contribution in [0.2, 0.25) is 0 Å². The molecule has 9 nitrogen and oxygen atoms in total. The predicted octanol–water partition coefficient (Wildman–Crippen LogP) is 3.99. The average molecular weight is 550 g/mol. The highest BCUT2D eigenvalue weighted by atomic mass is 32.2. The van der Waals surface area contributed by atoms with Gasteiger partial charge in [-0.05, 0) is 79.7 Å². The number of benzene rings is 2. The van der Waals surface area contributed by atoms with Crippen LogP contribution in [0.4, 0.5) is 11.4 Å². The molecule has 1 amide bonds. The summed E-state index contributed by atoms with van der Waals surface area (Å²) in [4.78, 5) is 12.8. The minimum Gasteiger partial charge on any atom is -0.494 e. The zero-order valence-electron chi connectivity index (χ0n) is 19.6. The first-order chi connectivity index (χ1) is 17.2. The van der Waals surface area contributed by atoms with Crippen LogP contribution in [-0.4, -0.2) is 46.7 Å². The zero-order valence-corrected chi connectivity index (χ0v) is 22.0. The third kappa shape index (κ3) is 6.06. The number of piperidine rings is 1. The van der Waals surface area contributed by atoms with Gasteiger partial charge < -0.3 is 10.1 Å². The molecule has 0 radical (unpaired) electrons. The largest absolute Gasteiger partial charge is 0.494 e. The van der Waals surface area contributed by atoms with Crippen LogP contribution in [0.1, 0.15) is 19.8 Å². The average Bonchev–Trinajstić information content (AvgIpc) is 3.42. The van der Waals surface area contributed by atoms with Gasteiger partial charge in [-0.3, -0.25) is 9.52 Å². The Morgan fingerprint density at radius 2 is 1.61 bits per heavy atom. The summed E-state index contributed by atoms with van der Waals surface area (Å²) in [5.74, 6) is 0.103. The summed E-state index contributed by atoms with van der Waals surface area (Å²) in [7, 11) is -7.33. The molecular weight excluding hydrogens is 522 g/mol. The number of thiophene rings is 1. The van der Waals surface area contributed by atoms with Gasteiger partial charge in [-0.25, -0.2) is 16.8 Å². The molecule has 192 valence electrons. The molecule has 1 aromatic heterocycles. The number of amides is 1. The van der Waals surface area contributed by atoms with Crippen molar-refractivity contribution in [2.75, 3.05) is 29.7 Å². The first kappa shape index (κ1) is 26.1. The van der Waals surface area contributed by atoms with Gasteiger partial charge in [0.2, 0.25) is 5.91 Å². The maximum absolute atomic E-state index is 12.7. The molecule has 1 aliphatic heterocycles. The first-order valence-corrected chi connectivity index (χ1v) is 15.2. The molecule has 1 fully saturated rings. The minimum atomic E-state index is -3.81. The Hall–Kier alpha value is -2.93. The van der Waals surface area contributed by atoms with Crippen molar-refractivity contribution in [3.8, 4) is 5.75 Å². The lowest BCUT2D eigenvalue weighted by Crippen LogP contribution is -2.41. The van der Waals surface area contributed by atoms with Crippen molar-refractivity contribution >= 4 is 48.7 Å². The van der Waals surface area contributed by atoms with Crippen molar-refractivity contribution in [1.82, 2.24) is 4.31 Å². The van der Waals surface area contributed by atoms with Crippen molar-refractivity contribution in [2.45, 2.75) is 28.9 Å². The van der Waals surface area contributed by atoms with E-state index in [-0.39, 0.29) is 29.8 Å². The number of sulfonamides is 2. The van der Waals surface area contributed by atoms with E-state index in [4.69, 9.17) is 4.74 Å². The monoisotopic (exact) mass is 549 g/mol. The van der Waals surface area contributed by atoms with E-state index in [1.165, 1.54) is 39.9 Å². The zero-order chi connectivity index (χ0) is 25.8. The van der Waals surface area contributed by atoms with E-state index in [9.17, 15) is 21.6 Å². The van der Waals surface area contributed by atoms with Crippen LogP contribution < -0.4 is 14.8 Å². The molecule has 3 aromatic rings. The molecule has 0 atom stereocenters. The van der Waals surface area contributed by atoms with Crippen LogP contribution in [-0.2, 0) is 24.8 Å². The van der Waals surface area contributed by atoms with E-state index in [0.717, 1.165) is 0 Å². The second-order valence-corrected chi connectivity index (χ2v) is 13.0. The van der Waals surface area contributed by atoms with Crippen LogP contribution in [0.25, 0.3) is 0 Å². The van der Waals surface area contributed by atoms with E-state index in [1.807, 2.05) is 6.92 Å².